The van der Waals surface area contributed by atoms with Gasteiger partial charge < -0.3 is 4.57 Å². The number of rotatable bonds is 3. The Kier molecular flexibility index (Phi) is 2.99. The third kappa shape index (κ3) is 2.16. The molecule has 0 spiro atoms. The van der Waals surface area contributed by atoms with Crippen LogP contribution in [0.1, 0.15) is 11.1 Å². The summed E-state index contributed by atoms with van der Waals surface area (Å²) in [5.74, 6) is 0. The van der Waals surface area contributed by atoms with E-state index in [1.165, 1.54) is 5.56 Å². The molecule has 0 amide bonds. The fraction of sp³-hybridized carbons (Fsp3) is 0.125. The minimum atomic E-state index is -0.328. The SMILES string of the molecule is Cc1ccc2c(ccn2Cc2ccccc2[N+](=O)[O-])c1. The maximum Gasteiger partial charge on any atom is 0.274 e. The molecular formula is C16H14N2O2. The number of fused-ring (bicyclic) bond motifs is 1. The van der Waals surface area contributed by atoms with E-state index in [0.29, 0.717) is 6.54 Å². The van der Waals surface area contributed by atoms with Gasteiger partial charge in [0.15, 0.2) is 0 Å². The van der Waals surface area contributed by atoms with Crippen molar-refractivity contribution in [1.29, 1.82) is 0 Å². The lowest BCUT2D eigenvalue weighted by Crippen LogP contribution is -2.01. The van der Waals surface area contributed by atoms with Crippen LogP contribution in [0.5, 0.6) is 0 Å². The van der Waals surface area contributed by atoms with E-state index in [2.05, 4.69) is 25.1 Å². The van der Waals surface area contributed by atoms with Crippen molar-refractivity contribution in [2.24, 2.45) is 0 Å². The molecule has 0 unspecified atom stereocenters. The number of nitrogens with zero attached hydrogens (tertiary/aromatic N) is 2. The molecule has 1 aromatic heterocycles. The summed E-state index contributed by atoms with van der Waals surface area (Å²) < 4.78 is 2.04. The number of benzene rings is 2. The van der Waals surface area contributed by atoms with Gasteiger partial charge in [0.1, 0.15) is 0 Å². The average molecular weight is 266 g/mol. The Bertz CT molecular complexity index is 790. The highest BCUT2D eigenvalue weighted by Crippen LogP contribution is 2.23. The van der Waals surface area contributed by atoms with Gasteiger partial charge in [0.2, 0.25) is 0 Å². The van der Waals surface area contributed by atoms with Crippen LogP contribution < -0.4 is 0 Å². The highest BCUT2D eigenvalue weighted by atomic mass is 16.6. The molecule has 0 atom stereocenters. The number of nitro groups is 1. The lowest BCUT2D eigenvalue weighted by atomic mass is 10.1. The van der Waals surface area contributed by atoms with E-state index in [9.17, 15) is 10.1 Å². The molecule has 0 aliphatic heterocycles. The molecular weight excluding hydrogens is 252 g/mol. The maximum absolute atomic E-state index is 11.1. The molecule has 0 bridgehead atoms. The molecule has 1 heterocycles. The molecule has 0 aliphatic carbocycles. The van der Waals surface area contributed by atoms with E-state index in [1.807, 2.05) is 22.9 Å². The summed E-state index contributed by atoms with van der Waals surface area (Å²) in [6.07, 6.45) is 1.97. The number of aryl methyl sites for hydroxylation is 1. The quantitative estimate of drug-likeness (QED) is 0.533. The first-order valence-electron chi connectivity index (χ1n) is 6.43. The number of para-hydroxylation sites is 1. The van der Waals surface area contributed by atoms with Crippen LogP contribution in [0.25, 0.3) is 10.9 Å². The summed E-state index contributed by atoms with van der Waals surface area (Å²) >= 11 is 0. The second-order valence-corrected chi connectivity index (χ2v) is 4.89. The Labute approximate surface area is 116 Å². The largest absolute Gasteiger partial charge is 0.343 e. The lowest BCUT2D eigenvalue weighted by molar-refractivity contribution is -0.385. The molecule has 0 radical (unpaired) electrons. The van der Waals surface area contributed by atoms with Gasteiger partial charge in [0, 0.05) is 23.3 Å². The summed E-state index contributed by atoms with van der Waals surface area (Å²) in [5.41, 5.74) is 3.19. The zero-order valence-electron chi connectivity index (χ0n) is 11.1. The van der Waals surface area contributed by atoms with Gasteiger partial charge in [-0.15, -0.1) is 0 Å². The maximum atomic E-state index is 11.1. The molecule has 3 rings (SSSR count). The normalized spacial score (nSPS) is 10.8. The van der Waals surface area contributed by atoms with Crippen LogP contribution in [0.4, 0.5) is 5.69 Å². The highest BCUT2D eigenvalue weighted by molar-refractivity contribution is 5.81. The molecule has 100 valence electrons. The smallest absolute Gasteiger partial charge is 0.274 e. The monoisotopic (exact) mass is 266 g/mol. The first kappa shape index (κ1) is 12.4. The minimum Gasteiger partial charge on any atom is -0.343 e. The van der Waals surface area contributed by atoms with Gasteiger partial charge in [-0.1, -0.05) is 29.8 Å². The van der Waals surface area contributed by atoms with Crippen LogP contribution in [0.15, 0.2) is 54.7 Å². The van der Waals surface area contributed by atoms with Gasteiger partial charge in [0.05, 0.1) is 11.5 Å². The second-order valence-electron chi connectivity index (χ2n) is 4.89. The van der Waals surface area contributed by atoms with Crippen LogP contribution in [0.2, 0.25) is 0 Å². The van der Waals surface area contributed by atoms with Crippen LogP contribution in [0, 0.1) is 17.0 Å². The van der Waals surface area contributed by atoms with Gasteiger partial charge in [-0.3, -0.25) is 10.1 Å². The number of hydrogen-bond donors (Lipinski definition) is 0. The van der Waals surface area contributed by atoms with Crippen molar-refractivity contribution in [2.45, 2.75) is 13.5 Å². The highest BCUT2D eigenvalue weighted by Gasteiger charge is 2.13. The Hall–Kier alpha value is -2.62. The topological polar surface area (TPSA) is 48.1 Å². The van der Waals surface area contributed by atoms with Crippen molar-refractivity contribution in [3.8, 4) is 0 Å². The number of hydrogen-bond acceptors (Lipinski definition) is 2. The standard InChI is InChI=1S/C16H14N2O2/c1-12-6-7-15-13(10-12)8-9-17(15)11-14-4-2-3-5-16(14)18(19)20/h2-10H,11H2,1H3. The van der Waals surface area contributed by atoms with E-state index < -0.39 is 0 Å². The number of aromatic nitrogens is 1. The fourth-order valence-electron chi connectivity index (χ4n) is 2.46. The average Bonchev–Trinajstić information content (AvgIpc) is 2.81. The van der Waals surface area contributed by atoms with Crippen molar-refractivity contribution in [3.05, 3.63) is 76.0 Å². The Morgan fingerprint density at radius 2 is 1.95 bits per heavy atom. The van der Waals surface area contributed by atoms with E-state index >= 15 is 0 Å². The second kappa shape index (κ2) is 4.81. The Morgan fingerprint density at radius 1 is 1.15 bits per heavy atom. The summed E-state index contributed by atoms with van der Waals surface area (Å²) in [5, 5.41) is 12.2. The molecule has 0 saturated carbocycles. The van der Waals surface area contributed by atoms with Crippen LogP contribution in [0.3, 0.4) is 0 Å². The fourth-order valence-corrected chi connectivity index (χ4v) is 2.46. The molecule has 0 saturated heterocycles. The van der Waals surface area contributed by atoms with Gasteiger partial charge in [0.25, 0.3) is 5.69 Å². The van der Waals surface area contributed by atoms with Crippen molar-refractivity contribution in [1.82, 2.24) is 4.57 Å². The Morgan fingerprint density at radius 3 is 2.75 bits per heavy atom. The van der Waals surface area contributed by atoms with Gasteiger partial charge in [-0.2, -0.15) is 0 Å². The first-order chi connectivity index (χ1) is 9.65. The molecule has 2 aromatic carbocycles. The van der Waals surface area contributed by atoms with Gasteiger partial charge in [-0.05, 0) is 30.5 Å². The summed E-state index contributed by atoms with van der Waals surface area (Å²) in [6, 6.07) is 15.1. The van der Waals surface area contributed by atoms with Crippen molar-refractivity contribution in [3.63, 3.8) is 0 Å². The van der Waals surface area contributed by atoms with E-state index in [1.54, 1.807) is 18.2 Å². The molecule has 0 fully saturated rings. The van der Waals surface area contributed by atoms with Crippen molar-refractivity contribution in [2.75, 3.05) is 0 Å². The van der Waals surface area contributed by atoms with Gasteiger partial charge >= 0.3 is 0 Å². The van der Waals surface area contributed by atoms with Crippen molar-refractivity contribution < 1.29 is 4.92 Å². The van der Waals surface area contributed by atoms with Crippen molar-refractivity contribution >= 4 is 16.6 Å². The molecule has 0 N–H and O–H groups in total. The summed E-state index contributed by atoms with van der Waals surface area (Å²) in [7, 11) is 0. The molecule has 4 nitrogen and oxygen atoms in total. The third-order valence-corrected chi connectivity index (χ3v) is 3.46. The molecule has 20 heavy (non-hydrogen) atoms. The minimum absolute atomic E-state index is 0.168. The number of nitro benzene ring substituents is 1. The van der Waals surface area contributed by atoms with Crippen LogP contribution in [-0.2, 0) is 6.54 Å². The third-order valence-electron chi connectivity index (χ3n) is 3.46. The Balaban J connectivity index is 2.04. The van der Waals surface area contributed by atoms with Crippen LogP contribution >= 0.6 is 0 Å². The molecule has 0 aliphatic rings. The first-order valence-corrected chi connectivity index (χ1v) is 6.43. The predicted molar refractivity (Wildman–Crippen MR) is 78.9 cm³/mol. The van der Waals surface area contributed by atoms with E-state index in [4.69, 9.17) is 0 Å². The van der Waals surface area contributed by atoms with Crippen LogP contribution in [-0.4, -0.2) is 9.49 Å². The zero-order chi connectivity index (χ0) is 14.1. The lowest BCUT2D eigenvalue weighted by Gasteiger charge is -2.06. The summed E-state index contributed by atoms with van der Waals surface area (Å²) in [4.78, 5) is 10.7. The van der Waals surface area contributed by atoms with E-state index in [-0.39, 0.29) is 10.6 Å². The summed E-state index contributed by atoms with van der Waals surface area (Å²) in [6.45, 7) is 2.56. The van der Waals surface area contributed by atoms with Gasteiger partial charge in [-0.25, -0.2) is 0 Å². The van der Waals surface area contributed by atoms with E-state index in [0.717, 1.165) is 16.5 Å². The predicted octanol–water partition coefficient (Wildman–Crippen LogP) is 3.91. The molecule has 3 aromatic rings. The zero-order valence-corrected chi connectivity index (χ0v) is 11.1. The molecule has 4 heteroatoms.